The van der Waals surface area contributed by atoms with Crippen molar-refractivity contribution in [1.29, 1.82) is 0 Å². The Morgan fingerprint density at radius 1 is 1.56 bits per heavy atom. The van der Waals surface area contributed by atoms with Gasteiger partial charge in [-0.05, 0) is 36.0 Å². The van der Waals surface area contributed by atoms with Gasteiger partial charge in [0.25, 0.3) is 0 Å². The van der Waals surface area contributed by atoms with Crippen LogP contribution in [0.5, 0.6) is 0 Å². The van der Waals surface area contributed by atoms with Gasteiger partial charge < -0.3 is 5.11 Å². The summed E-state index contributed by atoms with van der Waals surface area (Å²) >= 11 is 0. The molecule has 0 amide bonds. The standard InChI is InChI=1S/C8H12O/c1-8-3-4-2-5(8)6(8)7(4)9/h4-7,9H,2-3H2,1H3/t4-,5-,6-,7+,8-/m0/s1. The molecule has 0 radical (unpaired) electrons. The molecule has 4 saturated carbocycles. The Balaban J connectivity index is 2.10. The van der Waals surface area contributed by atoms with Gasteiger partial charge in [-0.3, -0.25) is 0 Å². The highest BCUT2D eigenvalue weighted by atomic mass is 16.3. The Morgan fingerprint density at radius 2 is 2.33 bits per heavy atom. The molecule has 4 aliphatic rings. The van der Waals surface area contributed by atoms with E-state index in [0.717, 1.165) is 11.8 Å². The summed E-state index contributed by atoms with van der Waals surface area (Å²) in [7, 11) is 0. The summed E-state index contributed by atoms with van der Waals surface area (Å²) in [6.07, 6.45) is 2.76. The Labute approximate surface area is 55.1 Å². The predicted molar refractivity (Wildman–Crippen MR) is 33.8 cm³/mol. The molecule has 0 aromatic rings. The fourth-order valence-corrected chi connectivity index (χ4v) is 3.56. The highest BCUT2D eigenvalue weighted by Crippen LogP contribution is 2.78. The third-order valence-electron chi connectivity index (χ3n) is 4.04. The van der Waals surface area contributed by atoms with E-state index in [0.29, 0.717) is 11.3 Å². The summed E-state index contributed by atoms with van der Waals surface area (Å²) in [5.41, 5.74) is 0.615. The minimum absolute atomic E-state index is 0.0972. The third-order valence-corrected chi connectivity index (χ3v) is 4.04. The van der Waals surface area contributed by atoms with Crippen molar-refractivity contribution in [1.82, 2.24) is 0 Å². The van der Waals surface area contributed by atoms with Crippen molar-refractivity contribution in [2.75, 3.05) is 0 Å². The maximum absolute atomic E-state index is 9.51. The first kappa shape index (κ1) is 4.73. The highest BCUT2D eigenvalue weighted by Gasteiger charge is 2.75. The monoisotopic (exact) mass is 124 g/mol. The number of hydrogen-bond acceptors (Lipinski definition) is 1. The van der Waals surface area contributed by atoms with Gasteiger partial charge in [-0.1, -0.05) is 6.92 Å². The van der Waals surface area contributed by atoms with Crippen molar-refractivity contribution < 1.29 is 5.11 Å². The third kappa shape index (κ3) is 0.295. The quantitative estimate of drug-likeness (QED) is 0.511. The van der Waals surface area contributed by atoms with Crippen LogP contribution in [0.1, 0.15) is 19.8 Å². The molecule has 9 heavy (non-hydrogen) atoms. The van der Waals surface area contributed by atoms with Crippen LogP contribution in [0.2, 0.25) is 0 Å². The van der Waals surface area contributed by atoms with E-state index in [1.54, 1.807) is 0 Å². The fraction of sp³-hybridized carbons (Fsp3) is 1.00. The van der Waals surface area contributed by atoms with Crippen molar-refractivity contribution >= 4 is 0 Å². The van der Waals surface area contributed by atoms with E-state index in [1.807, 2.05) is 0 Å². The minimum Gasteiger partial charge on any atom is -0.393 e. The van der Waals surface area contributed by atoms with E-state index in [9.17, 15) is 5.11 Å². The highest BCUT2D eigenvalue weighted by molar-refractivity contribution is 5.24. The molecule has 0 heterocycles. The van der Waals surface area contributed by atoms with Gasteiger partial charge in [0, 0.05) is 0 Å². The summed E-state index contributed by atoms with van der Waals surface area (Å²) in [5.74, 6) is 2.35. The van der Waals surface area contributed by atoms with Crippen LogP contribution in [-0.4, -0.2) is 11.2 Å². The zero-order valence-corrected chi connectivity index (χ0v) is 5.67. The van der Waals surface area contributed by atoms with Crippen LogP contribution >= 0.6 is 0 Å². The maximum Gasteiger partial charge on any atom is 0.0605 e. The van der Waals surface area contributed by atoms with Crippen LogP contribution in [0.3, 0.4) is 0 Å². The largest absolute Gasteiger partial charge is 0.393 e. The topological polar surface area (TPSA) is 20.2 Å². The van der Waals surface area contributed by atoms with Crippen molar-refractivity contribution in [2.24, 2.45) is 23.2 Å². The first-order valence-electron chi connectivity index (χ1n) is 3.91. The van der Waals surface area contributed by atoms with Crippen molar-refractivity contribution in [3.05, 3.63) is 0 Å². The van der Waals surface area contributed by atoms with Crippen LogP contribution in [0, 0.1) is 23.2 Å². The second kappa shape index (κ2) is 0.968. The van der Waals surface area contributed by atoms with Crippen molar-refractivity contribution in [3.63, 3.8) is 0 Å². The predicted octanol–water partition coefficient (Wildman–Crippen LogP) is 1.02. The van der Waals surface area contributed by atoms with E-state index in [-0.39, 0.29) is 6.10 Å². The van der Waals surface area contributed by atoms with Gasteiger partial charge in [0.05, 0.1) is 6.10 Å². The second-order valence-electron chi connectivity index (χ2n) is 4.33. The van der Waals surface area contributed by atoms with E-state index in [4.69, 9.17) is 0 Å². The van der Waals surface area contributed by atoms with Gasteiger partial charge in [0.15, 0.2) is 0 Å². The molecule has 0 saturated heterocycles. The minimum atomic E-state index is 0.0972. The second-order valence-corrected chi connectivity index (χ2v) is 4.33. The lowest BCUT2D eigenvalue weighted by molar-refractivity contribution is 0.134. The molecule has 4 rings (SSSR count). The molecule has 1 heteroatoms. The molecule has 4 bridgehead atoms. The lowest BCUT2D eigenvalue weighted by Crippen LogP contribution is -2.09. The smallest absolute Gasteiger partial charge is 0.0605 e. The normalized spacial score (nSPS) is 75.3. The Kier molecular flexibility index (Phi) is 0.508. The number of hydrogen-bond donors (Lipinski definition) is 1. The first-order valence-corrected chi connectivity index (χ1v) is 3.91. The van der Waals surface area contributed by atoms with Gasteiger partial charge in [-0.15, -0.1) is 0 Å². The summed E-state index contributed by atoms with van der Waals surface area (Å²) in [6.45, 7) is 2.35. The van der Waals surface area contributed by atoms with E-state index in [1.165, 1.54) is 12.8 Å². The molecule has 1 nitrogen and oxygen atoms in total. The zero-order valence-electron chi connectivity index (χ0n) is 5.67. The average molecular weight is 124 g/mol. The summed E-state index contributed by atoms with van der Waals surface area (Å²) < 4.78 is 0. The molecular weight excluding hydrogens is 112 g/mol. The van der Waals surface area contributed by atoms with Crippen molar-refractivity contribution in [2.45, 2.75) is 25.9 Å². The van der Waals surface area contributed by atoms with Crippen LogP contribution in [-0.2, 0) is 0 Å². The molecule has 4 fully saturated rings. The van der Waals surface area contributed by atoms with Gasteiger partial charge in [-0.2, -0.15) is 0 Å². The van der Waals surface area contributed by atoms with Crippen LogP contribution in [0.25, 0.3) is 0 Å². The molecule has 0 aliphatic heterocycles. The van der Waals surface area contributed by atoms with Gasteiger partial charge in [-0.25, -0.2) is 0 Å². The van der Waals surface area contributed by atoms with E-state index < -0.39 is 0 Å². The molecule has 5 atom stereocenters. The number of aliphatic hydroxyl groups excluding tert-OH is 1. The van der Waals surface area contributed by atoms with Gasteiger partial charge >= 0.3 is 0 Å². The summed E-state index contributed by atoms with van der Waals surface area (Å²) in [4.78, 5) is 0. The number of rotatable bonds is 0. The van der Waals surface area contributed by atoms with E-state index in [2.05, 4.69) is 6.92 Å². The summed E-state index contributed by atoms with van der Waals surface area (Å²) in [5, 5.41) is 9.51. The van der Waals surface area contributed by atoms with Gasteiger partial charge in [0.1, 0.15) is 0 Å². The molecule has 1 N–H and O–H groups in total. The zero-order chi connectivity index (χ0) is 6.22. The maximum atomic E-state index is 9.51. The lowest BCUT2D eigenvalue weighted by Gasteiger charge is -2.03. The molecule has 4 aliphatic carbocycles. The summed E-state index contributed by atoms with van der Waals surface area (Å²) in [6, 6.07) is 0. The Morgan fingerprint density at radius 3 is 2.44 bits per heavy atom. The Bertz CT molecular complexity index is 175. The average Bonchev–Trinajstić information content (AvgIpc) is 2.21. The van der Waals surface area contributed by atoms with Crippen LogP contribution < -0.4 is 0 Å². The molecule has 0 aromatic carbocycles. The molecule has 0 spiro atoms. The number of aliphatic hydroxyl groups is 1. The SMILES string of the molecule is C[C@]12C[C@@H]3C[C@H]1[C@H]2[C@@H]3O. The van der Waals surface area contributed by atoms with Crippen LogP contribution in [0.15, 0.2) is 0 Å². The Hall–Kier alpha value is -0.0400. The molecule has 0 unspecified atom stereocenters. The van der Waals surface area contributed by atoms with Crippen LogP contribution in [0.4, 0.5) is 0 Å². The van der Waals surface area contributed by atoms with E-state index >= 15 is 0 Å². The molecular formula is C8H12O. The van der Waals surface area contributed by atoms with Crippen molar-refractivity contribution in [3.8, 4) is 0 Å². The molecule has 0 aromatic heterocycles. The lowest BCUT2D eigenvalue weighted by atomic mass is 10.1. The fourth-order valence-electron chi connectivity index (χ4n) is 3.56. The first-order chi connectivity index (χ1) is 4.23. The molecule has 50 valence electrons. The van der Waals surface area contributed by atoms with Gasteiger partial charge in [0.2, 0.25) is 0 Å².